The summed E-state index contributed by atoms with van der Waals surface area (Å²) in [6, 6.07) is 5.19. The average Bonchev–Trinajstić information content (AvgIpc) is 2.20. The van der Waals surface area contributed by atoms with Gasteiger partial charge in [-0.05, 0) is 39.0 Å². The summed E-state index contributed by atoms with van der Waals surface area (Å²) in [6.45, 7) is 7.80. The van der Waals surface area contributed by atoms with Crippen LogP contribution >= 0.6 is 11.6 Å². The van der Waals surface area contributed by atoms with E-state index < -0.39 is 0 Å². The van der Waals surface area contributed by atoms with Gasteiger partial charge in [-0.25, -0.2) is 0 Å². The highest BCUT2D eigenvalue weighted by Crippen LogP contribution is 2.30. The summed E-state index contributed by atoms with van der Waals surface area (Å²) in [4.78, 5) is 9.60. The number of nitrogens with one attached hydrogen (secondary N) is 1. The van der Waals surface area contributed by atoms with Crippen molar-refractivity contribution in [1.82, 2.24) is 5.32 Å². The Bertz CT molecular complexity index is 425. The van der Waals surface area contributed by atoms with Crippen LogP contribution in [0.1, 0.15) is 32.3 Å². The Hall–Kier alpha value is -1.26. The van der Waals surface area contributed by atoms with Crippen molar-refractivity contribution in [3.8, 4) is 5.75 Å². The molecule has 1 heterocycles. The molecule has 1 aliphatic heterocycles. The molecule has 4 nitrogen and oxygen atoms in total. The van der Waals surface area contributed by atoms with Gasteiger partial charge in [0.2, 0.25) is 0 Å². The van der Waals surface area contributed by atoms with Crippen LogP contribution in [-0.4, -0.2) is 30.3 Å². The van der Waals surface area contributed by atoms with Crippen LogP contribution in [0.5, 0.6) is 5.75 Å². The summed E-state index contributed by atoms with van der Waals surface area (Å²) < 4.78 is 4.55. The lowest BCUT2D eigenvalue weighted by atomic mass is 9.93. The van der Waals surface area contributed by atoms with Crippen molar-refractivity contribution in [1.29, 1.82) is 0 Å². The third kappa shape index (κ3) is 5.49. The van der Waals surface area contributed by atoms with E-state index in [4.69, 9.17) is 11.6 Å². The maximum absolute atomic E-state index is 9.60. The van der Waals surface area contributed by atoms with Crippen LogP contribution in [0.25, 0.3) is 0 Å². The predicted octanol–water partition coefficient (Wildman–Crippen LogP) is 2.69. The maximum atomic E-state index is 9.60. The Labute approximate surface area is 118 Å². The van der Waals surface area contributed by atoms with Crippen molar-refractivity contribution in [2.45, 2.75) is 32.3 Å². The first-order valence-corrected chi connectivity index (χ1v) is 6.52. The van der Waals surface area contributed by atoms with Crippen LogP contribution in [-0.2, 0) is 9.53 Å². The molecule has 2 N–H and O–H groups in total. The topological polar surface area (TPSA) is 58.6 Å². The molecule has 106 valence electrons. The molecule has 1 aromatic carbocycles. The van der Waals surface area contributed by atoms with Gasteiger partial charge in [-0.1, -0.05) is 11.6 Å². The minimum Gasteiger partial charge on any atom is -0.508 e. The summed E-state index contributed by atoms with van der Waals surface area (Å²) in [5.41, 5.74) is 0.642. The molecular formula is C14H20ClNO3. The van der Waals surface area contributed by atoms with Gasteiger partial charge in [-0.2, -0.15) is 0 Å². The van der Waals surface area contributed by atoms with Gasteiger partial charge >= 0.3 is 0 Å². The Morgan fingerprint density at radius 1 is 1.42 bits per heavy atom. The lowest BCUT2D eigenvalue weighted by molar-refractivity contribution is -0.138. The second kappa shape index (κ2) is 6.78. The van der Waals surface area contributed by atoms with E-state index in [2.05, 4.69) is 10.1 Å². The highest BCUT2D eigenvalue weighted by molar-refractivity contribution is 6.30. The number of halogens is 1. The van der Waals surface area contributed by atoms with Crippen molar-refractivity contribution < 1.29 is 14.6 Å². The Morgan fingerprint density at radius 3 is 2.42 bits per heavy atom. The van der Waals surface area contributed by atoms with E-state index in [0.717, 1.165) is 18.7 Å². The molecular weight excluding hydrogens is 266 g/mol. The fourth-order valence-electron chi connectivity index (χ4n) is 1.51. The first kappa shape index (κ1) is 15.8. The van der Waals surface area contributed by atoms with Gasteiger partial charge in [0.05, 0.1) is 0 Å². The van der Waals surface area contributed by atoms with Crippen LogP contribution < -0.4 is 5.32 Å². The normalized spacial score (nSPS) is 14.9. The Balaban J connectivity index is 0.000000224. The number of carbonyl (C=O) groups is 1. The van der Waals surface area contributed by atoms with Crippen molar-refractivity contribution in [2.75, 3.05) is 13.1 Å². The highest BCUT2D eigenvalue weighted by Gasteiger charge is 2.21. The van der Waals surface area contributed by atoms with Crippen molar-refractivity contribution in [2.24, 2.45) is 0 Å². The summed E-state index contributed by atoms with van der Waals surface area (Å²) in [7, 11) is 0. The number of hydrogen-bond acceptors (Lipinski definition) is 4. The number of hydrogen-bond donors (Lipinski definition) is 2. The van der Waals surface area contributed by atoms with E-state index >= 15 is 0 Å². The van der Waals surface area contributed by atoms with Gasteiger partial charge in [-0.15, -0.1) is 0 Å². The predicted molar refractivity (Wildman–Crippen MR) is 75.6 cm³/mol. The zero-order valence-electron chi connectivity index (χ0n) is 11.4. The van der Waals surface area contributed by atoms with E-state index in [0.29, 0.717) is 23.2 Å². The molecule has 19 heavy (non-hydrogen) atoms. The van der Waals surface area contributed by atoms with E-state index in [1.165, 1.54) is 0 Å². The third-order valence-electron chi connectivity index (χ3n) is 2.61. The van der Waals surface area contributed by atoms with E-state index in [1.54, 1.807) is 12.1 Å². The van der Waals surface area contributed by atoms with Crippen LogP contribution in [0.4, 0.5) is 0 Å². The fourth-order valence-corrected chi connectivity index (χ4v) is 1.69. The Kier molecular flexibility index (Phi) is 5.63. The van der Waals surface area contributed by atoms with E-state index in [1.807, 2.05) is 26.8 Å². The molecule has 5 heteroatoms. The molecule has 1 fully saturated rings. The number of ether oxygens (including phenoxy) is 1. The number of carbonyl (C=O) groups excluding carboxylic acids is 1. The minimum absolute atomic E-state index is 0.318. The second-order valence-electron chi connectivity index (χ2n) is 5.38. The van der Waals surface area contributed by atoms with Crippen molar-refractivity contribution in [3.63, 3.8) is 0 Å². The molecule has 0 bridgehead atoms. The molecule has 0 unspecified atom stereocenters. The van der Waals surface area contributed by atoms with Crippen LogP contribution in [0, 0.1) is 0 Å². The molecule has 0 atom stereocenters. The molecule has 2 rings (SSSR count). The molecule has 1 saturated heterocycles. The number of phenols is 1. The molecule has 1 aromatic rings. The standard InChI is InChI=1S/C9H10ClNO.C5H10O2/c10-7-1-2-9(12)8(3-7)6-4-11-5-6;1-5(2,3)7-4-6/h1-3,6,11-12H,4-5H2;4H,1-3H3. The molecule has 0 spiro atoms. The third-order valence-corrected chi connectivity index (χ3v) is 2.85. The van der Waals surface area contributed by atoms with Gasteiger partial charge in [0.25, 0.3) is 6.47 Å². The summed E-state index contributed by atoms with van der Waals surface area (Å²) in [6.07, 6.45) is 0. The average molecular weight is 286 g/mol. The summed E-state index contributed by atoms with van der Waals surface area (Å²) in [5, 5.41) is 13.3. The zero-order valence-corrected chi connectivity index (χ0v) is 12.2. The summed E-state index contributed by atoms with van der Waals surface area (Å²) >= 11 is 5.81. The first-order valence-electron chi connectivity index (χ1n) is 6.14. The smallest absolute Gasteiger partial charge is 0.293 e. The lowest BCUT2D eigenvalue weighted by Crippen LogP contribution is -2.39. The zero-order chi connectivity index (χ0) is 14.5. The molecule has 0 saturated carbocycles. The van der Waals surface area contributed by atoms with Crippen molar-refractivity contribution >= 4 is 18.1 Å². The minimum atomic E-state index is -0.318. The number of benzene rings is 1. The SMILES string of the molecule is CC(C)(C)OC=O.Oc1ccc(Cl)cc1C1CNC1. The number of rotatable bonds is 2. The molecule has 0 aliphatic carbocycles. The van der Waals surface area contributed by atoms with Gasteiger partial charge in [0, 0.05) is 29.6 Å². The van der Waals surface area contributed by atoms with Crippen LogP contribution in [0.15, 0.2) is 18.2 Å². The van der Waals surface area contributed by atoms with Gasteiger partial charge in [0.15, 0.2) is 0 Å². The van der Waals surface area contributed by atoms with Gasteiger partial charge < -0.3 is 15.2 Å². The quantitative estimate of drug-likeness (QED) is 0.820. The summed E-state index contributed by atoms with van der Waals surface area (Å²) in [5.74, 6) is 0.787. The highest BCUT2D eigenvalue weighted by atomic mass is 35.5. The fraction of sp³-hybridized carbons (Fsp3) is 0.500. The van der Waals surface area contributed by atoms with E-state index in [-0.39, 0.29) is 5.60 Å². The Morgan fingerprint density at radius 2 is 2.05 bits per heavy atom. The van der Waals surface area contributed by atoms with Crippen LogP contribution in [0.2, 0.25) is 5.02 Å². The lowest BCUT2D eigenvalue weighted by Gasteiger charge is -2.28. The molecule has 0 radical (unpaired) electrons. The molecule has 0 amide bonds. The van der Waals surface area contributed by atoms with Gasteiger partial charge in [-0.3, -0.25) is 4.79 Å². The molecule has 1 aliphatic rings. The maximum Gasteiger partial charge on any atom is 0.293 e. The van der Waals surface area contributed by atoms with Crippen LogP contribution in [0.3, 0.4) is 0 Å². The number of aromatic hydroxyl groups is 1. The largest absolute Gasteiger partial charge is 0.508 e. The second-order valence-corrected chi connectivity index (χ2v) is 5.82. The monoisotopic (exact) mass is 285 g/mol. The molecule has 0 aromatic heterocycles. The van der Waals surface area contributed by atoms with E-state index in [9.17, 15) is 9.90 Å². The van der Waals surface area contributed by atoms with Gasteiger partial charge in [0.1, 0.15) is 11.4 Å². The first-order chi connectivity index (χ1) is 8.83. The van der Waals surface area contributed by atoms with Crippen molar-refractivity contribution in [3.05, 3.63) is 28.8 Å². The number of phenolic OH excluding ortho intramolecular Hbond substituents is 1.